The van der Waals surface area contributed by atoms with E-state index < -0.39 is 204 Å². The Labute approximate surface area is 472 Å². The molecule has 0 unspecified atom stereocenters. The van der Waals surface area contributed by atoms with Gasteiger partial charge in [-0.3, -0.25) is 0 Å². The van der Waals surface area contributed by atoms with Gasteiger partial charge in [-0.25, -0.2) is 0 Å². The molecule has 11 atom stereocenters. The molecule has 8 aromatic carbocycles. The van der Waals surface area contributed by atoms with E-state index in [0.29, 0.717) is 0 Å². The molecular weight excluding hydrogens is 1100 g/mol. The minimum absolute atomic E-state index is 0.000225. The molecule has 0 radical (unpaired) electrons. The van der Waals surface area contributed by atoms with Crippen LogP contribution < -0.4 is 18.9 Å². The van der Waals surface area contributed by atoms with Gasteiger partial charge < -0.3 is 121 Å². The molecule has 4 heterocycles. The SMILES string of the molecule is Oc1cc(O)c2c(c1)O[C@H](c1ccc(O)c(O)c1)[C@H](O)[C@H]2c1c(O)cc(O)c2c1O[C@H](c1ccc(O)c(O)c1)[C@H](O)[C@@H]2c1c(O)cc(O)c2c1O[C@H](c1ccc(O)c(O)c1)[C@H](O)[C@H]2c1c(O)cc2c(c1O)C[C@@H](O)[C@@H](c1ccc(O)c(O)c1)O2. The van der Waals surface area contributed by atoms with Crippen molar-refractivity contribution < 1.29 is 121 Å². The summed E-state index contributed by atoms with van der Waals surface area (Å²) in [5.41, 5.74) is -3.26. The Balaban J connectivity index is 1.11. The number of aromatic hydroxyl groups is 16. The topological polar surface area (TPSA) is 442 Å². The van der Waals surface area contributed by atoms with Gasteiger partial charge in [0, 0.05) is 75.7 Å². The molecule has 434 valence electrons. The maximum Gasteiger partial charge on any atom is 0.157 e. The van der Waals surface area contributed by atoms with Crippen LogP contribution in [0, 0.1) is 0 Å². The fourth-order valence-corrected chi connectivity index (χ4v) is 12.2. The van der Waals surface area contributed by atoms with Gasteiger partial charge in [-0.2, -0.15) is 0 Å². The van der Waals surface area contributed by atoms with Crippen molar-refractivity contribution in [3.8, 4) is 115 Å². The molecule has 0 aliphatic carbocycles. The third-order valence-corrected chi connectivity index (χ3v) is 16.0. The Kier molecular flexibility index (Phi) is 12.7. The molecule has 84 heavy (non-hydrogen) atoms. The quantitative estimate of drug-likeness (QED) is 0.0827. The van der Waals surface area contributed by atoms with Crippen LogP contribution in [0.3, 0.4) is 0 Å². The summed E-state index contributed by atoms with van der Waals surface area (Å²) in [4.78, 5) is 0. The molecule has 0 amide bonds. The highest BCUT2D eigenvalue weighted by Crippen LogP contribution is 2.65. The van der Waals surface area contributed by atoms with E-state index in [4.69, 9.17) is 18.9 Å². The van der Waals surface area contributed by atoms with E-state index in [-0.39, 0.29) is 44.9 Å². The van der Waals surface area contributed by atoms with Gasteiger partial charge >= 0.3 is 0 Å². The number of aliphatic hydroxyl groups is 4. The summed E-state index contributed by atoms with van der Waals surface area (Å²) in [5.74, 6) is -19.0. The molecule has 0 saturated heterocycles. The first-order chi connectivity index (χ1) is 39.9. The summed E-state index contributed by atoms with van der Waals surface area (Å²) < 4.78 is 25.4. The van der Waals surface area contributed by atoms with Gasteiger partial charge in [-0.05, 0) is 70.8 Å². The van der Waals surface area contributed by atoms with Crippen LogP contribution in [-0.2, 0) is 6.42 Å². The first-order valence-corrected chi connectivity index (χ1v) is 25.7. The predicted molar refractivity (Wildman–Crippen MR) is 285 cm³/mol. The van der Waals surface area contributed by atoms with E-state index in [1.807, 2.05) is 0 Å². The van der Waals surface area contributed by atoms with Crippen molar-refractivity contribution in [1.29, 1.82) is 0 Å². The second-order valence-electron chi connectivity index (χ2n) is 21.0. The van der Waals surface area contributed by atoms with Crippen LogP contribution in [0.2, 0.25) is 0 Å². The largest absolute Gasteiger partial charge is 0.508 e. The predicted octanol–water partition coefficient (Wildman–Crippen LogP) is 5.89. The van der Waals surface area contributed by atoms with Gasteiger partial charge in [0.2, 0.25) is 0 Å². The number of phenolic OH excluding ortho intramolecular Hbond substituents is 16. The molecule has 20 N–H and O–H groups in total. The lowest BCUT2D eigenvalue weighted by atomic mass is 9.72. The van der Waals surface area contributed by atoms with Crippen LogP contribution in [0.1, 0.15) is 103 Å². The van der Waals surface area contributed by atoms with Crippen LogP contribution >= 0.6 is 0 Å². The average molecular weight is 1160 g/mol. The number of ether oxygens (including phenoxy) is 4. The van der Waals surface area contributed by atoms with Gasteiger partial charge in [0.15, 0.2) is 64.3 Å². The summed E-state index contributed by atoms with van der Waals surface area (Å²) >= 11 is 0. The first-order valence-electron chi connectivity index (χ1n) is 25.7. The molecule has 8 aromatic rings. The van der Waals surface area contributed by atoms with Crippen molar-refractivity contribution in [1.82, 2.24) is 0 Å². The number of benzene rings is 8. The lowest BCUT2D eigenvalue weighted by Crippen LogP contribution is -2.39. The van der Waals surface area contributed by atoms with Gasteiger partial charge in [0.05, 0.1) is 23.9 Å². The smallest absolute Gasteiger partial charge is 0.157 e. The summed E-state index contributed by atoms with van der Waals surface area (Å²) in [6, 6.07) is 18.0. The minimum atomic E-state index is -2.15. The van der Waals surface area contributed by atoms with Crippen molar-refractivity contribution in [2.75, 3.05) is 0 Å². The molecule has 0 bridgehead atoms. The molecule has 24 heteroatoms. The number of aliphatic hydroxyl groups excluding tert-OH is 4. The summed E-state index contributed by atoms with van der Waals surface area (Å²) in [6.45, 7) is 0. The summed E-state index contributed by atoms with van der Waals surface area (Å²) in [6.07, 6.45) is -14.6. The van der Waals surface area contributed by atoms with Crippen molar-refractivity contribution in [2.24, 2.45) is 0 Å². The average Bonchev–Trinajstić information content (AvgIpc) is 0.873. The Morgan fingerprint density at radius 2 is 0.619 bits per heavy atom. The Morgan fingerprint density at radius 1 is 0.286 bits per heavy atom. The summed E-state index contributed by atoms with van der Waals surface area (Å²) in [5, 5.41) is 229. The Bertz CT molecular complexity index is 4030. The van der Waals surface area contributed by atoms with Gasteiger partial charge in [0.25, 0.3) is 0 Å². The Morgan fingerprint density at radius 3 is 1.02 bits per heavy atom. The second-order valence-corrected chi connectivity index (χ2v) is 21.0. The standard InChI is InChI=1S/C60H50O24/c61-23-13-33(70)42-41(14-23)82-56(20-2-6-26(63)30(67)10-20)52(78)48(42)44-34(71)16-36(73)46-50(54(80)58(84-59(44)46)22-4-8-28(65)32(69)12-22)47-37(74)17-35(72)45-49(53(79)57(83-60(45)47)21-3-7-27(64)31(68)11-21)43-38(75)18-40-24(51(43)77)15-39(76)55(81-40)19-1-5-25(62)29(66)9-19/h1-14,16-18,39,48-50,52-58,61-80H,15H2/t39-,48-,49+,50+,52-,53-,54-,55-,56-,57-,58-/m1/s1. The van der Waals surface area contributed by atoms with Crippen LogP contribution in [0.25, 0.3) is 0 Å². The highest BCUT2D eigenvalue weighted by molar-refractivity contribution is 5.73. The van der Waals surface area contributed by atoms with Crippen LogP contribution in [0.4, 0.5) is 0 Å². The Hall–Kier alpha value is -10.4. The third-order valence-electron chi connectivity index (χ3n) is 16.0. The van der Waals surface area contributed by atoms with Gasteiger partial charge in [-0.15, -0.1) is 0 Å². The zero-order valence-electron chi connectivity index (χ0n) is 43.0. The number of hydrogen-bond donors (Lipinski definition) is 20. The summed E-state index contributed by atoms with van der Waals surface area (Å²) in [7, 11) is 0. The molecule has 0 aromatic heterocycles. The van der Waals surface area contributed by atoms with Gasteiger partial charge in [0.1, 0.15) is 93.4 Å². The van der Waals surface area contributed by atoms with Crippen LogP contribution in [-0.4, -0.2) is 127 Å². The molecule has 12 rings (SSSR count). The number of hydrogen-bond acceptors (Lipinski definition) is 24. The van der Waals surface area contributed by atoms with Crippen LogP contribution in [0.5, 0.6) is 115 Å². The maximum absolute atomic E-state index is 13.0. The number of phenols is 16. The van der Waals surface area contributed by atoms with E-state index in [9.17, 15) is 102 Å². The highest BCUT2D eigenvalue weighted by atomic mass is 16.5. The van der Waals surface area contributed by atoms with E-state index in [1.54, 1.807) is 0 Å². The minimum Gasteiger partial charge on any atom is -0.508 e. The monoisotopic (exact) mass is 1150 g/mol. The van der Waals surface area contributed by atoms with Crippen molar-refractivity contribution >= 4 is 0 Å². The molecule has 4 aliphatic heterocycles. The second kappa shape index (κ2) is 19.7. The zero-order valence-corrected chi connectivity index (χ0v) is 43.0. The zero-order chi connectivity index (χ0) is 59.8. The first kappa shape index (κ1) is 54.2. The molecular formula is C60H50O24. The molecule has 0 saturated carbocycles. The lowest BCUT2D eigenvalue weighted by molar-refractivity contribution is -0.00771. The van der Waals surface area contributed by atoms with E-state index in [1.165, 1.54) is 24.3 Å². The maximum atomic E-state index is 13.0. The van der Waals surface area contributed by atoms with E-state index in [2.05, 4.69) is 0 Å². The van der Waals surface area contributed by atoms with E-state index in [0.717, 1.165) is 78.9 Å². The molecule has 0 fully saturated rings. The van der Waals surface area contributed by atoms with Crippen molar-refractivity contribution in [3.63, 3.8) is 0 Å². The normalized spacial score (nSPS) is 24.0. The number of fused-ring (bicyclic) bond motifs is 4. The highest BCUT2D eigenvalue weighted by Gasteiger charge is 2.53. The van der Waals surface area contributed by atoms with Gasteiger partial charge in [-0.1, -0.05) is 24.3 Å². The van der Waals surface area contributed by atoms with Crippen molar-refractivity contribution in [3.05, 3.63) is 164 Å². The van der Waals surface area contributed by atoms with Crippen molar-refractivity contribution in [2.45, 2.75) is 73.0 Å². The van der Waals surface area contributed by atoms with E-state index >= 15 is 0 Å². The lowest BCUT2D eigenvalue weighted by Gasteiger charge is -2.44. The molecule has 0 spiro atoms. The van der Waals surface area contributed by atoms with Crippen LogP contribution in [0.15, 0.2) is 103 Å². The fourth-order valence-electron chi connectivity index (χ4n) is 12.2. The number of rotatable bonds is 7. The molecule has 4 aliphatic rings. The fraction of sp³-hybridized carbons (Fsp3) is 0.200. The molecule has 24 nitrogen and oxygen atoms in total. The third kappa shape index (κ3) is 8.44.